The molecule has 22 nitrogen and oxygen atoms in total. The Balaban J connectivity index is 1.04. The van der Waals surface area contributed by atoms with Crippen LogP contribution in [0.15, 0.2) is 69.3 Å². The van der Waals surface area contributed by atoms with Gasteiger partial charge in [0, 0.05) is 33.7 Å². The van der Waals surface area contributed by atoms with Gasteiger partial charge in [-0.25, -0.2) is 14.8 Å². The van der Waals surface area contributed by atoms with Gasteiger partial charge in [-0.05, 0) is 68.8 Å². The molecule has 0 unspecified atom stereocenters. The molecule has 0 saturated carbocycles. The van der Waals surface area contributed by atoms with Gasteiger partial charge in [0.05, 0.1) is 0 Å². The maximum atomic E-state index is 13.7. The zero-order valence-corrected chi connectivity index (χ0v) is 34.3. The molecule has 0 spiro atoms. The minimum absolute atomic E-state index is 0.0526. The Bertz CT molecular complexity index is 2720. The predicted molar refractivity (Wildman–Crippen MR) is 218 cm³/mol. The molecule has 5 aromatic rings. The van der Waals surface area contributed by atoms with Gasteiger partial charge in [0.1, 0.15) is 27.8 Å². The number of amides is 4. The summed E-state index contributed by atoms with van der Waals surface area (Å²) in [5.41, 5.74) is 8.87. The van der Waals surface area contributed by atoms with E-state index in [4.69, 9.17) is 10.6 Å². The highest BCUT2D eigenvalue weighted by Crippen LogP contribution is 2.42. The van der Waals surface area contributed by atoms with Crippen LogP contribution in [0.1, 0.15) is 35.6 Å². The van der Waals surface area contributed by atoms with Crippen molar-refractivity contribution < 1.29 is 54.3 Å². The van der Waals surface area contributed by atoms with Gasteiger partial charge in [-0.2, -0.15) is 9.50 Å². The number of carbonyl (C=O) groups excluding carboxylic acids is 4. The lowest BCUT2D eigenvalue weighted by Gasteiger charge is -2.49. The number of aromatic nitrogens is 5. The number of hydrogen-bond donors (Lipinski definition) is 9. The van der Waals surface area contributed by atoms with Gasteiger partial charge in [0.2, 0.25) is 5.60 Å². The van der Waals surface area contributed by atoms with Crippen molar-refractivity contribution in [1.29, 1.82) is 0 Å². The second-order valence-electron chi connectivity index (χ2n) is 13.7. The van der Waals surface area contributed by atoms with Crippen molar-refractivity contribution in [3.05, 3.63) is 76.1 Å². The molecule has 3 aromatic heterocycles. The fourth-order valence-electron chi connectivity index (χ4n) is 5.81. The van der Waals surface area contributed by atoms with Crippen molar-refractivity contribution in [1.82, 2.24) is 45.6 Å². The Labute approximate surface area is 355 Å². The standard InChI is InChI=1S/C36H33N11O11S3/c1-14-8-23(47-35(38-14)41-27(44-47)15-4-6-19(48)21(50)9-15)59-11-17-12-60-31-25(30(54)46(31)26(17)32(55)56)40-29(53)24(18-13-61-34(37)39-18)45-58-36(2,3)33(57)43-42-28(52)16-5-7-20(49)22(51)10-16/h4-10,13,25,31,48-51H,11-12H2,1-3H3,(H2,37,39)(H,40,53)(H,42,52)(H,43,57)(H,55,56)/b45-24+/t25-,31-/m1/s1. The minimum atomic E-state index is -1.83. The summed E-state index contributed by atoms with van der Waals surface area (Å²) in [6.45, 7) is 4.31. The summed E-state index contributed by atoms with van der Waals surface area (Å²) in [5, 5.41) is 61.4. The molecule has 316 valence electrons. The first-order valence-corrected chi connectivity index (χ1v) is 20.5. The number of phenolic OH excluding ortho intramolecular Hbond substituents is 4. The lowest BCUT2D eigenvalue weighted by Crippen LogP contribution is -2.71. The molecule has 2 aromatic carbocycles. The second kappa shape index (κ2) is 16.5. The van der Waals surface area contributed by atoms with E-state index in [1.54, 1.807) is 13.0 Å². The van der Waals surface area contributed by atoms with Crippen molar-refractivity contribution in [3.63, 3.8) is 0 Å². The molecule has 61 heavy (non-hydrogen) atoms. The van der Waals surface area contributed by atoms with Crippen LogP contribution in [0, 0.1) is 6.92 Å². The molecule has 0 aliphatic carbocycles. The smallest absolute Gasteiger partial charge is 0.352 e. The maximum Gasteiger partial charge on any atom is 0.352 e. The summed E-state index contributed by atoms with van der Waals surface area (Å²) in [4.78, 5) is 85.0. The molecule has 2 aliphatic rings. The number of aryl methyl sites for hydroxylation is 1. The number of hydrogen-bond acceptors (Lipinski definition) is 19. The molecule has 25 heteroatoms. The maximum absolute atomic E-state index is 13.7. The van der Waals surface area contributed by atoms with E-state index in [1.807, 2.05) is 0 Å². The number of thiazole rings is 1. The Morgan fingerprint density at radius 1 is 1.00 bits per heavy atom. The molecule has 1 saturated heterocycles. The van der Waals surface area contributed by atoms with Crippen molar-refractivity contribution in [3.8, 4) is 34.4 Å². The number of nitrogens with zero attached hydrogens (tertiary/aromatic N) is 7. The van der Waals surface area contributed by atoms with E-state index >= 15 is 0 Å². The largest absolute Gasteiger partial charge is 0.504 e. The van der Waals surface area contributed by atoms with Crippen LogP contribution in [0.4, 0.5) is 5.13 Å². The predicted octanol–water partition coefficient (Wildman–Crippen LogP) is 1.45. The summed E-state index contributed by atoms with van der Waals surface area (Å²) >= 11 is 3.44. The number of carboxylic acid groups (broad SMARTS) is 1. The lowest BCUT2D eigenvalue weighted by molar-refractivity contribution is -0.150. The van der Waals surface area contributed by atoms with Gasteiger partial charge < -0.3 is 41.4 Å². The average Bonchev–Trinajstić information content (AvgIpc) is 3.85. The van der Waals surface area contributed by atoms with Crippen molar-refractivity contribution in [2.75, 3.05) is 17.2 Å². The SMILES string of the molecule is Cc1cc(SCC2=C(C(=O)O)N3C(=O)[C@@H](NC(=O)/C(=N/OC(C)(C)C(=O)NNC(=O)c4ccc(O)c(O)c4)c4csc(N)n4)[C@H]3SC2)n2nc(-c3ccc(O)c(O)c3)nc2n1. The van der Waals surface area contributed by atoms with Crippen LogP contribution >= 0.6 is 34.9 Å². The highest BCUT2D eigenvalue weighted by molar-refractivity contribution is 8.01. The van der Waals surface area contributed by atoms with E-state index in [0.29, 0.717) is 21.9 Å². The number of anilines is 1. The van der Waals surface area contributed by atoms with E-state index in [2.05, 4.69) is 41.4 Å². The van der Waals surface area contributed by atoms with Crippen LogP contribution in [-0.4, -0.2) is 119 Å². The normalized spacial score (nSPS) is 16.5. The molecule has 0 bridgehead atoms. The van der Waals surface area contributed by atoms with Crippen LogP contribution in [0.5, 0.6) is 23.0 Å². The first-order valence-electron chi connectivity index (χ1n) is 17.6. The minimum Gasteiger partial charge on any atom is -0.504 e. The molecular formula is C36H33N11O11S3. The Hall–Kier alpha value is -7.12. The molecule has 2 atom stereocenters. The Morgan fingerprint density at radius 3 is 2.39 bits per heavy atom. The molecule has 0 radical (unpaired) electrons. The number of rotatable bonds is 12. The summed E-state index contributed by atoms with van der Waals surface area (Å²) in [6, 6.07) is 7.96. The molecule has 7 rings (SSSR count). The first-order chi connectivity index (χ1) is 28.9. The Morgan fingerprint density at radius 2 is 1.72 bits per heavy atom. The van der Waals surface area contributed by atoms with Crippen molar-refractivity contribution >= 4 is 81.1 Å². The topological polar surface area (TPSA) is 329 Å². The van der Waals surface area contributed by atoms with E-state index in [1.165, 1.54) is 71.5 Å². The van der Waals surface area contributed by atoms with Gasteiger partial charge in [0.15, 0.2) is 39.7 Å². The quantitative estimate of drug-likeness (QED) is 0.0214. The number of carboxylic acids is 1. The third kappa shape index (κ3) is 8.50. The zero-order chi connectivity index (χ0) is 43.9. The number of nitrogen functional groups attached to an aromatic ring is 1. The zero-order valence-electron chi connectivity index (χ0n) is 31.8. The van der Waals surface area contributed by atoms with Gasteiger partial charge in [-0.3, -0.25) is 34.9 Å². The van der Waals surface area contributed by atoms with E-state index in [0.717, 1.165) is 28.4 Å². The van der Waals surface area contributed by atoms with Crippen molar-refractivity contribution in [2.45, 2.75) is 42.8 Å². The summed E-state index contributed by atoms with van der Waals surface area (Å²) in [7, 11) is 0. The number of benzene rings is 2. The highest BCUT2D eigenvalue weighted by Gasteiger charge is 2.54. The molecule has 2 aliphatic heterocycles. The van der Waals surface area contributed by atoms with Crippen LogP contribution in [0.3, 0.4) is 0 Å². The number of β-lactam (4-membered cyclic amide) rings is 1. The fraction of sp³-hybridized carbons (Fsp3) is 0.222. The van der Waals surface area contributed by atoms with E-state index in [-0.39, 0.29) is 56.7 Å². The van der Waals surface area contributed by atoms with Crippen LogP contribution in [0.2, 0.25) is 0 Å². The van der Waals surface area contributed by atoms with E-state index in [9.17, 15) is 49.5 Å². The van der Waals surface area contributed by atoms with Crippen LogP contribution in [-0.2, 0) is 24.0 Å². The average molecular weight is 892 g/mol. The molecular weight excluding hydrogens is 859 g/mol. The number of fused-ring (bicyclic) bond motifs is 2. The van der Waals surface area contributed by atoms with Gasteiger partial charge in [-0.15, -0.1) is 40.0 Å². The third-order valence-corrected chi connectivity index (χ3v) is 12.1. The number of oxime groups is 1. The van der Waals surface area contributed by atoms with Crippen LogP contribution in [0.25, 0.3) is 17.2 Å². The number of nitrogens with one attached hydrogen (secondary N) is 3. The molecule has 5 heterocycles. The summed E-state index contributed by atoms with van der Waals surface area (Å²) in [5.74, 6) is -5.66. The number of aliphatic carboxylic acids is 1. The van der Waals surface area contributed by atoms with Gasteiger partial charge in [0.25, 0.3) is 29.4 Å². The monoisotopic (exact) mass is 891 g/mol. The van der Waals surface area contributed by atoms with Gasteiger partial charge in [-0.1, -0.05) is 5.16 Å². The summed E-state index contributed by atoms with van der Waals surface area (Å²) < 4.78 is 1.47. The van der Waals surface area contributed by atoms with E-state index < -0.39 is 63.8 Å². The van der Waals surface area contributed by atoms with Crippen molar-refractivity contribution in [2.24, 2.45) is 5.16 Å². The number of carbonyl (C=O) groups is 5. The number of thioether (sulfide) groups is 2. The third-order valence-electron chi connectivity index (χ3n) is 8.99. The lowest BCUT2D eigenvalue weighted by atomic mass is 10.0. The molecule has 10 N–H and O–H groups in total. The number of nitrogens with two attached hydrogens (primary N) is 1. The fourth-order valence-corrected chi connectivity index (χ4v) is 8.89. The molecule has 1 fully saturated rings. The number of aromatic hydroxyl groups is 4. The van der Waals surface area contributed by atoms with Gasteiger partial charge >= 0.3 is 5.97 Å². The number of hydrazine groups is 1. The highest BCUT2D eigenvalue weighted by atomic mass is 32.2. The van der Waals surface area contributed by atoms with Crippen LogP contribution < -0.4 is 21.9 Å². The second-order valence-corrected chi connectivity index (χ2v) is 16.7. The first kappa shape index (κ1) is 42.0. The number of phenols is 4. The Kier molecular flexibility index (Phi) is 11.4. The summed E-state index contributed by atoms with van der Waals surface area (Å²) in [6.07, 6.45) is 0. The molecule has 4 amide bonds.